The Morgan fingerprint density at radius 3 is 2.95 bits per heavy atom. The Bertz CT molecular complexity index is 377. The third kappa shape index (κ3) is 2.89. The number of nitrogens with zero attached hydrogens (tertiary/aromatic N) is 2. The number of thioether (sulfide) groups is 1. The Hall–Kier alpha value is -0.750. The minimum absolute atomic E-state index is 0.00766. The van der Waals surface area contributed by atoms with Gasteiger partial charge in [-0.2, -0.15) is 0 Å². The molecular weight excluding hydrogens is 262 g/mol. The Labute approximate surface area is 118 Å². The fourth-order valence-corrected chi connectivity index (χ4v) is 4.24. The van der Waals surface area contributed by atoms with Gasteiger partial charge >= 0.3 is 0 Å². The van der Waals surface area contributed by atoms with Crippen molar-refractivity contribution in [2.45, 2.75) is 37.8 Å². The highest BCUT2D eigenvalue weighted by molar-refractivity contribution is 8.13. The van der Waals surface area contributed by atoms with E-state index in [9.17, 15) is 9.59 Å². The molecule has 0 aromatic carbocycles. The predicted octanol–water partition coefficient (Wildman–Crippen LogP) is 0.898. The minimum Gasteiger partial charge on any atom is -0.350 e. The molecule has 0 radical (unpaired) electrons. The number of nitrogens with one attached hydrogen (secondary N) is 1. The van der Waals surface area contributed by atoms with E-state index < -0.39 is 0 Å². The van der Waals surface area contributed by atoms with Crippen molar-refractivity contribution in [2.24, 2.45) is 0 Å². The second kappa shape index (κ2) is 5.71. The molecule has 3 rings (SSSR count). The maximum Gasteiger partial charge on any atom is 0.282 e. The van der Waals surface area contributed by atoms with Crippen LogP contribution in [0.2, 0.25) is 0 Å². The van der Waals surface area contributed by atoms with Crippen molar-refractivity contribution in [3.63, 3.8) is 0 Å². The number of rotatable bonds is 3. The van der Waals surface area contributed by atoms with Crippen molar-refractivity contribution < 1.29 is 9.59 Å². The van der Waals surface area contributed by atoms with E-state index in [0.29, 0.717) is 12.6 Å². The van der Waals surface area contributed by atoms with Gasteiger partial charge in [0.15, 0.2) is 0 Å². The maximum absolute atomic E-state index is 12.0. The number of fused-ring (bicyclic) bond motifs is 1. The third-order valence-electron chi connectivity index (χ3n) is 4.38. The Morgan fingerprint density at radius 2 is 2.16 bits per heavy atom. The number of carbonyl (C=O) groups excluding carboxylic acids is 2. The molecular formula is C13H21N3O2S. The fraction of sp³-hybridized carbons (Fsp3) is 0.846. The summed E-state index contributed by atoms with van der Waals surface area (Å²) in [5.41, 5.74) is 0. The summed E-state index contributed by atoms with van der Waals surface area (Å²) in [6, 6.07) is 0.819. The summed E-state index contributed by atoms with van der Waals surface area (Å²) in [7, 11) is 0. The van der Waals surface area contributed by atoms with Gasteiger partial charge in [-0.15, -0.1) is 0 Å². The molecule has 0 aromatic rings. The van der Waals surface area contributed by atoms with Gasteiger partial charge in [0.1, 0.15) is 6.54 Å². The number of hydrogen-bond donors (Lipinski definition) is 1. The van der Waals surface area contributed by atoms with Gasteiger partial charge in [-0.3, -0.25) is 14.5 Å². The Balaban J connectivity index is 1.50. The van der Waals surface area contributed by atoms with Gasteiger partial charge in [-0.05, 0) is 25.8 Å². The molecule has 0 bridgehead atoms. The molecule has 5 nitrogen and oxygen atoms in total. The second-order valence-corrected chi connectivity index (χ2v) is 6.64. The first-order valence-corrected chi connectivity index (χ1v) is 8.18. The molecule has 6 heteroatoms. The lowest BCUT2D eigenvalue weighted by Crippen LogP contribution is -2.49. The van der Waals surface area contributed by atoms with Gasteiger partial charge in [-0.1, -0.05) is 18.2 Å². The highest BCUT2D eigenvalue weighted by Crippen LogP contribution is 2.27. The SMILES string of the molecule is O=C(CN1CCSC1=O)N[C@H]1CCN2CCCC[C@H]12. The van der Waals surface area contributed by atoms with Crippen molar-refractivity contribution in [3.05, 3.63) is 0 Å². The van der Waals surface area contributed by atoms with Gasteiger partial charge in [0.25, 0.3) is 5.24 Å². The van der Waals surface area contributed by atoms with Crippen molar-refractivity contribution in [2.75, 3.05) is 31.9 Å². The van der Waals surface area contributed by atoms with Crippen LogP contribution in [0, 0.1) is 0 Å². The van der Waals surface area contributed by atoms with Crippen LogP contribution in [0.1, 0.15) is 25.7 Å². The molecule has 0 aromatic heterocycles. The van der Waals surface area contributed by atoms with Crippen LogP contribution in [-0.4, -0.2) is 65.0 Å². The standard InChI is InChI=1S/C13H21N3O2S/c17-12(9-16-7-8-19-13(16)18)14-10-4-6-15-5-2-1-3-11(10)15/h10-11H,1-9H2,(H,14,17)/t10-,11+/m0/s1. The average Bonchev–Trinajstić information content (AvgIpc) is 2.98. The van der Waals surface area contributed by atoms with Crippen molar-refractivity contribution in [3.8, 4) is 0 Å². The number of amides is 2. The van der Waals surface area contributed by atoms with E-state index in [0.717, 1.165) is 18.7 Å². The first-order chi connectivity index (χ1) is 9.24. The molecule has 3 aliphatic heterocycles. The van der Waals surface area contributed by atoms with Gasteiger partial charge in [0, 0.05) is 30.9 Å². The highest BCUT2D eigenvalue weighted by Gasteiger charge is 2.36. The van der Waals surface area contributed by atoms with E-state index in [2.05, 4.69) is 10.2 Å². The molecule has 0 aliphatic carbocycles. The molecule has 3 aliphatic rings. The van der Waals surface area contributed by atoms with Crippen molar-refractivity contribution in [1.82, 2.24) is 15.1 Å². The molecule has 3 saturated heterocycles. The summed E-state index contributed by atoms with van der Waals surface area (Å²) >= 11 is 1.31. The summed E-state index contributed by atoms with van der Waals surface area (Å²) in [4.78, 5) is 27.7. The fourth-order valence-electron chi connectivity index (χ4n) is 3.41. The lowest BCUT2D eigenvalue weighted by Gasteiger charge is -2.32. The first-order valence-electron chi connectivity index (χ1n) is 7.19. The second-order valence-electron chi connectivity index (χ2n) is 5.60. The zero-order valence-electron chi connectivity index (χ0n) is 11.1. The zero-order chi connectivity index (χ0) is 13.2. The van der Waals surface area contributed by atoms with E-state index in [1.807, 2.05) is 0 Å². The van der Waals surface area contributed by atoms with Crippen LogP contribution in [0.25, 0.3) is 0 Å². The molecule has 3 heterocycles. The first kappa shape index (κ1) is 13.2. The number of carbonyl (C=O) groups is 2. The summed E-state index contributed by atoms with van der Waals surface area (Å²) in [6.45, 7) is 3.22. The summed E-state index contributed by atoms with van der Waals surface area (Å²) in [5.74, 6) is 0.819. The monoisotopic (exact) mass is 283 g/mol. The minimum atomic E-state index is 0.00766. The van der Waals surface area contributed by atoms with Crippen LogP contribution in [0.3, 0.4) is 0 Å². The molecule has 19 heavy (non-hydrogen) atoms. The van der Waals surface area contributed by atoms with Crippen molar-refractivity contribution in [1.29, 1.82) is 0 Å². The maximum atomic E-state index is 12.0. The van der Waals surface area contributed by atoms with Gasteiger partial charge in [0.2, 0.25) is 5.91 Å². The molecule has 1 N–H and O–H groups in total. The lowest BCUT2D eigenvalue weighted by atomic mass is 9.99. The molecule has 106 valence electrons. The molecule has 3 fully saturated rings. The van der Waals surface area contributed by atoms with Gasteiger partial charge in [0.05, 0.1) is 0 Å². The van der Waals surface area contributed by atoms with Crippen LogP contribution >= 0.6 is 11.8 Å². The smallest absolute Gasteiger partial charge is 0.282 e. The van der Waals surface area contributed by atoms with Crippen LogP contribution < -0.4 is 5.32 Å². The van der Waals surface area contributed by atoms with E-state index in [-0.39, 0.29) is 23.7 Å². The Kier molecular flexibility index (Phi) is 3.98. The van der Waals surface area contributed by atoms with Gasteiger partial charge in [-0.25, -0.2) is 0 Å². The van der Waals surface area contributed by atoms with E-state index >= 15 is 0 Å². The topological polar surface area (TPSA) is 52.7 Å². The summed E-state index contributed by atoms with van der Waals surface area (Å²) in [6.07, 6.45) is 4.81. The summed E-state index contributed by atoms with van der Waals surface area (Å²) < 4.78 is 0. The molecule has 0 unspecified atom stereocenters. The van der Waals surface area contributed by atoms with E-state index in [4.69, 9.17) is 0 Å². The number of piperidine rings is 1. The largest absolute Gasteiger partial charge is 0.350 e. The molecule has 0 saturated carbocycles. The van der Waals surface area contributed by atoms with Gasteiger partial charge < -0.3 is 10.2 Å². The van der Waals surface area contributed by atoms with Crippen LogP contribution in [-0.2, 0) is 4.79 Å². The summed E-state index contributed by atoms with van der Waals surface area (Å²) in [5, 5.41) is 3.18. The van der Waals surface area contributed by atoms with Crippen molar-refractivity contribution >= 4 is 22.9 Å². The van der Waals surface area contributed by atoms with Crippen LogP contribution in [0.5, 0.6) is 0 Å². The number of hydrogen-bond acceptors (Lipinski definition) is 4. The third-order valence-corrected chi connectivity index (χ3v) is 5.27. The lowest BCUT2D eigenvalue weighted by molar-refractivity contribution is -0.122. The van der Waals surface area contributed by atoms with E-state index in [1.165, 1.54) is 37.6 Å². The quantitative estimate of drug-likeness (QED) is 0.836. The molecule has 2 atom stereocenters. The average molecular weight is 283 g/mol. The predicted molar refractivity (Wildman–Crippen MR) is 75.2 cm³/mol. The van der Waals surface area contributed by atoms with Crippen LogP contribution in [0.15, 0.2) is 0 Å². The highest BCUT2D eigenvalue weighted by atomic mass is 32.2. The normalized spacial score (nSPS) is 31.6. The Morgan fingerprint density at radius 1 is 1.26 bits per heavy atom. The zero-order valence-corrected chi connectivity index (χ0v) is 12.0. The van der Waals surface area contributed by atoms with Crippen LogP contribution in [0.4, 0.5) is 4.79 Å². The van der Waals surface area contributed by atoms with E-state index in [1.54, 1.807) is 4.90 Å². The molecule has 0 spiro atoms. The molecule has 2 amide bonds.